The van der Waals surface area contributed by atoms with Crippen LogP contribution < -0.4 is 10.3 Å². The molecule has 2 aromatic carbocycles. The number of hydrogen-bond donors (Lipinski definition) is 0. The highest BCUT2D eigenvalue weighted by atomic mass is 19.1. The van der Waals surface area contributed by atoms with Crippen LogP contribution in [0, 0.1) is 5.82 Å². The SMILES string of the molecule is O=C1c2cc3nnn(CCc4cccc(F)c4)c(=O)c3cc2OC2CCCN12. The zero-order chi connectivity index (χ0) is 19.3. The lowest BCUT2D eigenvalue weighted by molar-refractivity contribution is 0.0295. The predicted octanol–water partition coefficient (Wildman–Crippen LogP) is 2.13. The van der Waals surface area contributed by atoms with E-state index in [1.165, 1.54) is 16.8 Å². The van der Waals surface area contributed by atoms with E-state index in [2.05, 4.69) is 10.3 Å². The molecule has 0 spiro atoms. The van der Waals surface area contributed by atoms with E-state index in [9.17, 15) is 14.0 Å². The molecular formula is C20H17FN4O3. The summed E-state index contributed by atoms with van der Waals surface area (Å²) in [6.45, 7) is 0.951. The summed E-state index contributed by atoms with van der Waals surface area (Å²) >= 11 is 0. The number of ether oxygens (including phenoxy) is 1. The number of aromatic nitrogens is 3. The molecule has 3 heterocycles. The molecule has 7 nitrogen and oxygen atoms in total. The van der Waals surface area contributed by atoms with Gasteiger partial charge in [0.05, 0.1) is 17.5 Å². The molecule has 28 heavy (non-hydrogen) atoms. The Morgan fingerprint density at radius 1 is 1.21 bits per heavy atom. The summed E-state index contributed by atoms with van der Waals surface area (Å²) in [6, 6.07) is 9.41. The lowest BCUT2D eigenvalue weighted by Crippen LogP contribution is -2.43. The molecule has 142 valence electrons. The van der Waals surface area contributed by atoms with Crippen molar-refractivity contribution in [2.24, 2.45) is 0 Å². The van der Waals surface area contributed by atoms with Crippen molar-refractivity contribution in [2.45, 2.75) is 32.0 Å². The van der Waals surface area contributed by atoms with Gasteiger partial charge in [-0.1, -0.05) is 17.3 Å². The summed E-state index contributed by atoms with van der Waals surface area (Å²) in [5.74, 6) is 0.00834. The molecule has 1 saturated heterocycles. The fourth-order valence-corrected chi connectivity index (χ4v) is 3.83. The Bertz CT molecular complexity index is 1160. The first-order valence-corrected chi connectivity index (χ1v) is 9.24. The molecule has 1 atom stereocenters. The van der Waals surface area contributed by atoms with Crippen LogP contribution >= 0.6 is 0 Å². The molecule has 0 radical (unpaired) electrons. The smallest absolute Gasteiger partial charge is 0.277 e. The Balaban J connectivity index is 1.49. The second-order valence-corrected chi connectivity index (χ2v) is 7.08. The number of carbonyl (C=O) groups excluding carboxylic acids is 1. The average Bonchev–Trinajstić information content (AvgIpc) is 3.16. The molecule has 0 aliphatic carbocycles. The van der Waals surface area contributed by atoms with E-state index in [0.717, 1.165) is 18.4 Å². The van der Waals surface area contributed by atoms with E-state index in [4.69, 9.17) is 4.74 Å². The molecule has 0 bridgehead atoms. The van der Waals surface area contributed by atoms with Crippen molar-refractivity contribution < 1.29 is 13.9 Å². The van der Waals surface area contributed by atoms with E-state index < -0.39 is 0 Å². The zero-order valence-electron chi connectivity index (χ0n) is 15.0. The van der Waals surface area contributed by atoms with Crippen molar-refractivity contribution in [1.82, 2.24) is 19.9 Å². The summed E-state index contributed by atoms with van der Waals surface area (Å²) < 4.78 is 20.5. The minimum absolute atomic E-state index is 0.0947. The Labute approximate surface area is 159 Å². The maximum Gasteiger partial charge on any atom is 0.277 e. The number of hydrogen-bond acceptors (Lipinski definition) is 5. The normalized spacial score (nSPS) is 18.1. The highest BCUT2D eigenvalue weighted by molar-refractivity contribution is 6.01. The van der Waals surface area contributed by atoms with Gasteiger partial charge in [0.15, 0.2) is 6.23 Å². The number of aryl methyl sites for hydroxylation is 2. The van der Waals surface area contributed by atoms with Crippen LogP contribution in [0.5, 0.6) is 5.75 Å². The molecule has 1 amide bonds. The van der Waals surface area contributed by atoms with Gasteiger partial charge in [0.25, 0.3) is 11.5 Å². The second-order valence-electron chi connectivity index (χ2n) is 7.08. The van der Waals surface area contributed by atoms with Crippen LogP contribution in [0.3, 0.4) is 0 Å². The van der Waals surface area contributed by atoms with Crippen LogP contribution in [-0.4, -0.2) is 38.6 Å². The number of amides is 1. The van der Waals surface area contributed by atoms with Gasteiger partial charge in [-0.15, -0.1) is 5.10 Å². The molecule has 1 fully saturated rings. The molecule has 3 aromatic rings. The van der Waals surface area contributed by atoms with E-state index >= 15 is 0 Å². The van der Waals surface area contributed by atoms with Gasteiger partial charge in [-0.2, -0.15) is 0 Å². The Morgan fingerprint density at radius 2 is 2.11 bits per heavy atom. The molecule has 1 aromatic heterocycles. The van der Waals surface area contributed by atoms with E-state index in [1.807, 2.05) is 0 Å². The lowest BCUT2D eigenvalue weighted by Gasteiger charge is -2.31. The van der Waals surface area contributed by atoms with E-state index in [1.54, 1.807) is 29.2 Å². The van der Waals surface area contributed by atoms with Crippen molar-refractivity contribution in [3.8, 4) is 5.75 Å². The second kappa shape index (κ2) is 6.40. The third-order valence-corrected chi connectivity index (χ3v) is 5.28. The molecule has 8 heteroatoms. The third kappa shape index (κ3) is 2.72. The number of benzene rings is 2. The number of rotatable bonds is 3. The maximum absolute atomic E-state index is 13.3. The number of halogens is 1. The summed E-state index contributed by atoms with van der Waals surface area (Å²) in [5, 5.41) is 8.45. The van der Waals surface area contributed by atoms with Gasteiger partial charge in [-0.3, -0.25) is 9.59 Å². The quantitative estimate of drug-likeness (QED) is 0.696. The summed E-state index contributed by atoms with van der Waals surface area (Å²) in [6.07, 6.45) is 1.88. The fourth-order valence-electron chi connectivity index (χ4n) is 3.83. The van der Waals surface area contributed by atoms with Gasteiger partial charge in [0.1, 0.15) is 17.1 Å². The largest absolute Gasteiger partial charge is 0.470 e. The van der Waals surface area contributed by atoms with Gasteiger partial charge in [0.2, 0.25) is 0 Å². The van der Waals surface area contributed by atoms with E-state index in [0.29, 0.717) is 35.2 Å². The van der Waals surface area contributed by atoms with Crippen LogP contribution in [0.15, 0.2) is 41.2 Å². The van der Waals surface area contributed by atoms with Crippen LogP contribution in [0.25, 0.3) is 10.9 Å². The zero-order valence-corrected chi connectivity index (χ0v) is 15.0. The highest BCUT2D eigenvalue weighted by Gasteiger charge is 2.37. The van der Waals surface area contributed by atoms with Crippen LogP contribution in [0.2, 0.25) is 0 Å². The molecule has 0 saturated carbocycles. The standard InChI is InChI=1S/C20H17FN4O3/c21-13-4-1-3-12(9-13)6-8-25-20(27)14-11-17-15(10-16(14)22-23-25)19(26)24-7-2-5-18(24)28-17/h1,3-4,9-11,18H,2,5-8H2. The van der Waals surface area contributed by atoms with Crippen LogP contribution in [0.1, 0.15) is 28.8 Å². The van der Waals surface area contributed by atoms with Gasteiger partial charge in [-0.05, 0) is 42.7 Å². The first-order chi connectivity index (χ1) is 13.6. The van der Waals surface area contributed by atoms with Crippen molar-refractivity contribution in [2.75, 3.05) is 6.54 Å². The maximum atomic E-state index is 13.3. The first-order valence-electron chi connectivity index (χ1n) is 9.24. The minimum atomic E-state index is -0.316. The van der Waals surface area contributed by atoms with Crippen molar-refractivity contribution in [1.29, 1.82) is 0 Å². The first kappa shape index (κ1) is 16.9. The number of nitrogens with zero attached hydrogens (tertiary/aromatic N) is 4. The monoisotopic (exact) mass is 380 g/mol. The molecular weight excluding hydrogens is 363 g/mol. The van der Waals surface area contributed by atoms with Gasteiger partial charge in [0, 0.05) is 13.0 Å². The van der Waals surface area contributed by atoms with Crippen molar-refractivity contribution in [3.63, 3.8) is 0 Å². The van der Waals surface area contributed by atoms with Gasteiger partial charge >= 0.3 is 0 Å². The number of fused-ring (bicyclic) bond motifs is 3. The molecule has 2 aliphatic heterocycles. The van der Waals surface area contributed by atoms with Crippen molar-refractivity contribution >= 4 is 16.8 Å². The van der Waals surface area contributed by atoms with Crippen molar-refractivity contribution in [3.05, 3.63) is 63.7 Å². The minimum Gasteiger partial charge on any atom is -0.470 e. The molecule has 0 N–H and O–H groups in total. The molecule has 5 rings (SSSR count). The van der Waals surface area contributed by atoms with Gasteiger partial charge < -0.3 is 9.64 Å². The Morgan fingerprint density at radius 3 is 2.96 bits per heavy atom. The predicted molar refractivity (Wildman–Crippen MR) is 98.6 cm³/mol. The van der Waals surface area contributed by atoms with Gasteiger partial charge in [-0.25, -0.2) is 9.07 Å². The Kier molecular flexibility index (Phi) is 3.85. The average molecular weight is 380 g/mol. The fraction of sp³-hybridized carbons (Fsp3) is 0.300. The topological polar surface area (TPSA) is 77.3 Å². The van der Waals surface area contributed by atoms with Crippen LogP contribution in [-0.2, 0) is 13.0 Å². The number of carbonyl (C=O) groups is 1. The Hall–Kier alpha value is -3.29. The molecule has 1 unspecified atom stereocenters. The third-order valence-electron chi connectivity index (χ3n) is 5.28. The van der Waals surface area contributed by atoms with E-state index in [-0.39, 0.29) is 30.1 Å². The molecule has 2 aliphatic rings. The highest BCUT2D eigenvalue weighted by Crippen LogP contribution is 2.34. The van der Waals surface area contributed by atoms with Crippen LogP contribution in [0.4, 0.5) is 4.39 Å². The lowest BCUT2D eigenvalue weighted by atomic mass is 10.1. The summed E-state index contributed by atoms with van der Waals surface area (Å²) in [7, 11) is 0. The summed E-state index contributed by atoms with van der Waals surface area (Å²) in [5.41, 5.74) is 1.24. The summed E-state index contributed by atoms with van der Waals surface area (Å²) in [4.78, 5) is 27.2.